The molecule has 0 amide bonds. The van der Waals surface area contributed by atoms with Crippen molar-refractivity contribution in [2.75, 3.05) is 0 Å². The summed E-state index contributed by atoms with van der Waals surface area (Å²) in [5, 5.41) is 14.4. The Bertz CT molecular complexity index is 1600. The monoisotopic (exact) mass is 498 g/mol. The van der Waals surface area contributed by atoms with Crippen molar-refractivity contribution in [1.29, 1.82) is 0 Å². The summed E-state index contributed by atoms with van der Waals surface area (Å²) in [6, 6.07) is 22.4. The fourth-order valence-electron chi connectivity index (χ4n) is 4.56. The van der Waals surface area contributed by atoms with Crippen LogP contribution in [0.4, 0.5) is 0 Å². The standard InChI is InChI=1S/C26H14N2S2Se/c1-3-7-17-15(5-1)19(25-27-9-11-29-25)13-21-23(17)24-18-8-4-2-6-16(18)20(14-22(24)31-21)26-28-10-12-30-26/h1-14H. The van der Waals surface area contributed by atoms with E-state index in [4.69, 9.17) is 0 Å². The summed E-state index contributed by atoms with van der Waals surface area (Å²) in [7, 11) is 0. The number of nitrogens with zero attached hydrogens (tertiary/aromatic N) is 2. The Morgan fingerprint density at radius 2 is 1.03 bits per heavy atom. The van der Waals surface area contributed by atoms with Crippen LogP contribution in [-0.2, 0) is 0 Å². The fourth-order valence-corrected chi connectivity index (χ4v) is 8.45. The van der Waals surface area contributed by atoms with Gasteiger partial charge in [0.25, 0.3) is 0 Å². The van der Waals surface area contributed by atoms with Crippen molar-refractivity contribution in [3.8, 4) is 21.1 Å². The number of benzene rings is 4. The van der Waals surface area contributed by atoms with Gasteiger partial charge in [-0.05, 0) is 0 Å². The van der Waals surface area contributed by atoms with E-state index in [0.29, 0.717) is 0 Å². The number of hydrogen-bond donors (Lipinski definition) is 0. The zero-order valence-corrected chi connectivity index (χ0v) is 19.5. The van der Waals surface area contributed by atoms with Crippen LogP contribution in [0.25, 0.3) is 62.0 Å². The predicted molar refractivity (Wildman–Crippen MR) is 136 cm³/mol. The summed E-state index contributed by atoms with van der Waals surface area (Å²) in [6.45, 7) is 0. The Kier molecular flexibility index (Phi) is 3.93. The van der Waals surface area contributed by atoms with E-state index in [9.17, 15) is 0 Å². The van der Waals surface area contributed by atoms with Crippen LogP contribution < -0.4 is 0 Å². The molecule has 0 atom stereocenters. The summed E-state index contributed by atoms with van der Waals surface area (Å²) < 4.78 is 2.90. The Hall–Kier alpha value is -2.82. The molecule has 7 aromatic rings. The zero-order chi connectivity index (χ0) is 20.4. The SMILES string of the molecule is c1ccc2c(c1)c(-c1nccs1)cc1[se]c3cc(-c4nccs4)c4ccccc4c3c12. The molecule has 0 saturated heterocycles. The molecule has 0 aliphatic rings. The molecule has 0 radical (unpaired) electrons. The Morgan fingerprint density at radius 1 is 0.581 bits per heavy atom. The van der Waals surface area contributed by atoms with Crippen LogP contribution in [-0.4, -0.2) is 24.5 Å². The molecule has 3 aromatic heterocycles. The molecule has 0 bridgehead atoms. The van der Waals surface area contributed by atoms with E-state index < -0.39 is 0 Å². The van der Waals surface area contributed by atoms with Gasteiger partial charge in [-0.25, -0.2) is 0 Å². The van der Waals surface area contributed by atoms with Crippen LogP contribution in [0.2, 0.25) is 0 Å². The molecule has 31 heavy (non-hydrogen) atoms. The minimum atomic E-state index is 0.247. The molecule has 3 heterocycles. The topological polar surface area (TPSA) is 25.8 Å². The third-order valence-corrected chi connectivity index (χ3v) is 9.70. The van der Waals surface area contributed by atoms with Gasteiger partial charge in [0.2, 0.25) is 0 Å². The molecule has 4 aromatic carbocycles. The molecule has 0 N–H and O–H groups in total. The van der Waals surface area contributed by atoms with Crippen LogP contribution in [0.3, 0.4) is 0 Å². The Balaban J connectivity index is 1.71. The van der Waals surface area contributed by atoms with Crippen LogP contribution in [0.5, 0.6) is 0 Å². The van der Waals surface area contributed by atoms with E-state index in [1.165, 1.54) is 52.0 Å². The molecule has 0 saturated carbocycles. The Labute approximate surface area is 192 Å². The maximum atomic E-state index is 4.63. The number of thiazole rings is 2. The first-order valence-electron chi connectivity index (χ1n) is 9.98. The molecular weight excluding hydrogens is 483 g/mol. The summed E-state index contributed by atoms with van der Waals surface area (Å²) in [6.07, 6.45) is 3.80. The van der Waals surface area contributed by atoms with E-state index >= 15 is 0 Å². The average molecular weight is 498 g/mol. The zero-order valence-electron chi connectivity index (χ0n) is 16.2. The quantitative estimate of drug-likeness (QED) is 0.230. The summed E-state index contributed by atoms with van der Waals surface area (Å²) in [5.41, 5.74) is 2.51. The summed E-state index contributed by atoms with van der Waals surface area (Å²) in [4.78, 5) is 9.26. The summed E-state index contributed by atoms with van der Waals surface area (Å²) in [5.74, 6) is 0. The second-order valence-corrected chi connectivity index (χ2v) is 11.5. The van der Waals surface area contributed by atoms with Gasteiger partial charge >= 0.3 is 193 Å². The molecule has 0 fully saturated rings. The molecule has 0 spiro atoms. The van der Waals surface area contributed by atoms with E-state index in [-0.39, 0.29) is 14.5 Å². The van der Waals surface area contributed by atoms with Gasteiger partial charge in [0, 0.05) is 0 Å². The first-order valence-corrected chi connectivity index (χ1v) is 13.4. The van der Waals surface area contributed by atoms with Gasteiger partial charge in [-0.15, -0.1) is 0 Å². The van der Waals surface area contributed by atoms with Crippen molar-refractivity contribution in [2.45, 2.75) is 0 Å². The van der Waals surface area contributed by atoms with Crippen molar-refractivity contribution in [1.82, 2.24) is 9.97 Å². The molecule has 0 aliphatic heterocycles. The fraction of sp³-hybridized carbons (Fsp3) is 0. The van der Waals surface area contributed by atoms with Gasteiger partial charge < -0.3 is 0 Å². The molecule has 2 nitrogen and oxygen atoms in total. The number of aromatic nitrogens is 2. The average Bonchev–Trinajstić information content (AvgIpc) is 3.58. The van der Waals surface area contributed by atoms with Gasteiger partial charge in [0.1, 0.15) is 0 Å². The van der Waals surface area contributed by atoms with Crippen LogP contribution in [0.15, 0.2) is 83.8 Å². The van der Waals surface area contributed by atoms with Crippen molar-refractivity contribution >= 4 is 78.0 Å². The van der Waals surface area contributed by atoms with Gasteiger partial charge in [-0.1, -0.05) is 0 Å². The van der Waals surface area contributed by atoms with E-state index in [0.717, 1.165) is 10.0 Å². The van der Waals surface area contributed by atoms with Crippen LogP contribution in [0, 0.1) is 0 Å². The third-order valence-electron chi connectivity index (χ3n) is 5.81. The minimum absolute atomic E-state index is 0.247. The van der Waals surface area contributed by atoms with Gasteiger partial charge in [-0.2, -0.15) is 0 Å². The predicted octanol–water partition coefficient (Wildman–Crippen LogP) is 7.60. The number of fused-ring (bicyclic) bond motifs is 7. The van der Waals surface area contributed by atoms with Gasteiger partial charge in [0.05, 0.1) is 0 Å². The number of rotatable bonds is 2. The molecular formula is C26H14N2S2Se. The molecule has 146 valence electrons. The molecule has 5 heteroatoms. The summed E-state index contributed by atoms with van der Waals surface area (Å²) >= 11 is 3.67. The van der Waals surface area contributed by atoms with Crippen molar-refractivity contribution in [2.24, 2.45) is 0 Å². The molecule has 0 aliphatic carbocycles. The number of hydrogen-bond acceptors (Lipinski definition) is 4. The molecule has 7 rings (SSSR count). The van der Waals surface area contributed by atoms with Gasteiger partial charge in [0.15, 0.2) is 0 Å². The maximum absolute atomic E-state index is 4.63. The van der Waals surface area contributed by atoms with Crippen molar-refractivity contribution in [3.05, 3.63) is 83.8 Å². The first kappa shape index (κ1) is 17.8. The van der Waals surface area contributed by atoms with Crippen LogP contribution >= 0.6 is 22.7 Å². The third kappa shape index (κ3) is 2.61. The van der Waals surface area contributed by atoms with Gasteiger partial charge in [-0.3, -0.25) is 0 Å². The second kappa shape index (κ2) is 6.84. The second-order valence-electron chi connectivity index (χ2n) is 7.46. The van der Waals surface area contributed by atoms with E-state index in [2.05, 4.69) is 81.4 Å². The molecule has 0 unspecified atom stereocenters. The Morgan fingerprint density at radius 3 is 1.45 bits per heavy atom. The van der Waals surface area contributed by atoms with E-state index in [1.807, 2.05) is 12.4 Å². The van der Waals surface area contributed by atoms with Crippen molar-refractivity contribution < 1.29 is 0 Å². The van der Waals surface area contributed by atoms with E-state index in [1.54, 1.807) is 22.7 Å². The van der Waals surface area contributed by atoms with Crippen LogP contribution in [0.1, 0.15) is 0 Å². The van der Waals surface area contributed by atoms with Crippen molar-refractivity contribution in [3.63, 3.8) is 0 Å². The normalized spacial score (nSPS) is 11.9. The first-order chi connectivity index (χ1) is 15.4.